The van der Waals surface area contributed by atoms with Crippen molar-refractivity contribution in [3.05, 3.63) is 18.0 Å². The van der Waals surface area contributed by atoms with Gasteiger partial charge in [0.2, 0.25) is 0 Å². The Kier molecular flexibility index (Phi) is 2.64. The van der Waals surface area contributed by atoms with Gasteiger partial charge in [-0.3, -0.25) is 4.68 Å². The second-order valence-corrected chi connectivity index (χ2v) is 3.80. The summed E-state index contributed by atoms with van der Waals surface area (Å²) in [5, 5.41) is 7.81. The SMILES string of the molecule is Cc1ccnn1CC1CCCCN1. The standard InChI is InChI=1S/C10H17N3/c1-9-5-7-12-13(9)8-10-4-2-3-6-11-10/h5,7,10-11H,2-4,6,8H2,1H3. The monoisotopic (exact) mass is 179 g/mol. The maximum atomic E-state index is 4.29. The number of nitrogens with one attached hydrogen (secondary N) is 1. The molecule has 2 heterocycles. The van der Waals surface area contributed by atoms with Crippen molar-refractivity contribution in [2.75, 3.05) is 6.54 Å². The van der Waals surface area contributed by atoms with Gasteiger partial charge in [0.1, 0.15) is 0 Å². The summed E-state index contributed by atoms with van der Waals surface area (Å²) in [4.78, 5) is 0. The molecule has 1 unspecified atom stereocenters. The van der Waals surface area contributed by atoms with Gasteiger partial charge in [-0.1, -0.05) is 6.42 Å². The molecule has 1 aliphatic heterocycles. The molecule has 1 aromatic rings. The van der Waals surface area contributed by atoms with Crippen molar-refractivity contribution < 1.29 is 0 Å². The molecule has 1 atom stereocenters. The number of hydrogen-bond acceptors (Lipinski definition) is 2. The van der Waals surface area contributed by atoms with E-state index in [9.17, 15) is 0 Å². The first kappa shape index (κ1) is 8.75. The molecule has 0 bridgehead atoms. The number of hydrogen-bond donors (Lipinski definition) is 1. The van der Waals surface area contributed by atoms with Gasteiger partial charge in [0.25, 0.3) is 0 Å². The van der Waals surface area contributed by atoms with E-state index >= 15 is 0 Å². The van der Waals surface area contributed by atoms with Crippen molar-refractivity contribution >= 4 is 0 Å². The fourth-order valence-corrected chi connectivity index (χ4v) is 1.88. The summed E-state index contributed by atoms with van der Waals surface area (Å²) in [6.07, 6.45) is 5.85. The average Bonchev–Trinajstić information content (AvgIpc) is 2.54. The molecule has 0 aromatic carbocycles. The van der Waals surface area contributed by atoms with Crippen LogP contribution in [0.4, 0.5) is 0 Å². The van der Waals surface area contributed by atoms with E-state index in [1.807, 2.05) is 6.20 Å². The Balaban J connectivity index is 1.93. The highest BCUT2D eigenvalue weighted by atomic mass is 15.3. The third kappa shape index (κ3) is 2.10. The summed E-state index contributed by atoms with van der Waals surface area (Å²) in [5.74, 6) is 0. The van der Waals surface area contributed by atoms with Gasteiger partial charge in [-0.25, -0.2) is 0 Å². The van der Waals surface area contributed by atoms with Crippen LogP contribution in [0.5, 0.6) is 0 Å². The lowest BCUT2D eigenvalue weighted by molar-refractivity contribution is 0.348. The Hall–Kier alpha value is -0.830. The molecule has 0 spiro atoms. The molecule has 13 heavy (non-hydrogen) atoms. The van der Waals surface area contributed by atoms with Crippen LogP contribution in [0.15, 0.2) is 12.3 Å². The van der Waals surface area contributed by atoms with Gasteiger partial charge in [0.05, 0.1) is 6.54 Å². The van der Waals surface area contributed by atoms with E-state index in [0.717, 1.165) is 6.54 Å². The molecule has 0 saturated carbocycles. The van der Waals surface area contributed by atoms with Gasteiger partial charge in [0, 0.05) is 17.9 Å². The minimum Gasteiger partial charge on any atom is -0.312 e. The molecule has 3 heteroatoms. The average molecular weight is 179 g/mol. The van der Waals surface area contributed by atoms with E-state index in [-0.39, 0.29) is 0 Å². The second kappa shape index (κ2) is 3.92. The Labute approximate surface area is 79.1 Å². The maximum absolute atomic E-state index is 4.29. The highest BCUT2D eigenvalue weighted by Crippen LogP contribution is 2.09. The quantitative estimate of drug-likeness (QED) is 0.742. The lowest BCUT2D eigenvalue weighted by Crippen LogP contribution is -2.37. The molecular weight excluding hydrogens is 162 g/mol. The van der Waals surface area contributed by atoms with Crippen LogP contribution in [0.3, 0.4) is 0 Å². The summed E-state index contributed by atoms with van der Waals surface area (Å²) in [7, 11) is 0. The van der Waals surface area contributed by atoms with Crippen LogP contribution in [0, 0.1) is 6.92 Å². The summed E-state index contributed by atoms with van der Waals surface area (Å²) >= 11 is 0. The van der Waals surface area contributed by atoms with Crippen molar-refractivity contribution in [2.24, 2.45) is 0 Å². The molecule has 1 saturated heterocycles. The molecule has 0 amide bonds. The predicted octanol–water partition coefficient (Wildman–Crippen LogP) is 1.33. The number of piperidine rings is 1. The lowest BCUT2D eigenvalue weighted by atomic mass is 10.1. The van der Waals surface area contributed by atoms with E-state index in [1.54, 1.807) is 0 Å². The summed E-state index contributed by atoms with van der Waals surface area (Å²) in [5.41, 5.74) is 1.26. The zero-order valence-corrected chi connectivity index (χ0v) is 8.16. The highest BCUT2D eigenvalue weighted by molar-refractivity contribution is 4.97. The first-order chi connectivity index (χ1) is 6.36. The summed E-state index contributed by atoms with van der Waals surface area (Å²) < 4.78 is 2.09. The fraction of sp³-hybridized carbons (Fsp3) is 0.700. The number of rotatable bonds is 2. The molecule has 0 aliphatic carbocycles. The lowest BCUT2D eigenvalue weighted by Gasteiger charge is -2.23. The topological polar surface area (TPSA) is 29.9 Å². The van der Waals surface area contributed by atoms with E-state index in [4.69, 9.17) is 0 Å². The predicted molar refractivity (Wildman–Crippen MR) is 52.6 cm³/mol. The number of aromatic nitrogens is 2. The minimum absolute atomic E-state index is 0.632. The van der Waals surface area contributed by atoms with E-state index in [0.29, 0.717) is 6.04 Å². The van der Waals surface area contributed by atoms with Crippen LogP contribution in [0.2, 0.25) is 0 Å². The van der Waals surface area contributed by atoms with Crippen molar-refractivity contribution in [3.8, 4) is 0 Å². The van der Waals surface area contributed by atoms with E-state index in [2.05, 4.69) is 28.1 Å². The zero-order chi connectivity index (χ0) is 9.10. The van der Waals surface area contributed by atoms with E-state index in [1.165, 1.54) is 31.5 Å². The highest BCUT2D eigenvalue weighted by Gasteiger charge is 2.13. The van der Waals surface area contributed by atoms with Gasteiger partial charge in [-0.15, -0.1) is 0 Å². The van der Waals surface area contributed by atoms with Gasteiger partial charge < -0.3 is 5.32 Å². The van der Waals surface area contributed by atoms with Crippen LogP contribution in [0.25, 0.3) is 0 Å². The van der Waals surface area contributed by atoms with Crippen LogP contribution < -0.4 is 5.32 Å². The van der Waals surface area contributed by atoms with Crippen LogP contribution in [0.1, 0.15) is 25.0 Å². The minimum atomic E-state index is 0.632. The molecule has 2 rings (SSSR count). The largest absolute Gasteiger partial charge is 0.312 e. The third-order valence-electron chi connectivity index (χ3n) is 2.73. The first-order valence-corrected chi connectivity index (χ1v) is 5.08. The van der Waals surface area contributed by atoms with Crippen LogP contribution >= 0.6 is 0 Å². The van der Waals surface area contributed by atoms with Crippen LogP contribution in [-0.2, 0) is 6.54 Å². The molecule has 1 aromatic heterocycles. The molecule has 0 radical (unpaired) electrons. The molecule has 3 nitrogen and oxygen atoms in total. The van der Waals surface area contributed by atoms with Crippen molar-refractivity contribution in [1.29, 1.82) is 0 Å². The molecule has 1 fully saturated rings. The van der Waals surface area contributed by atoms with Gasteiger partial charge >= 0.3 is 0 Å². The number of aryl methyl sites for hydroxylation is 1. The Morgan fingerprint density at radius 2 is 2.54 bits per heavy atom. The van der Waals surface area contributed by atoms with Crippen LogP contribution in [-0.4, -0.2) is 22.4 Å². The normalized spacial score (nSPS) is 23.3. The van der Waals surface area contributed by atoms with Gasteiger partial charge in [0.15, 0.2) is 0 Å². The molecular formula is C10H17N3. The Bertz CT molecular complexity index is 261. The molecule has 1 N–H and O–H groups in total. The Morgan fingerprint density at radius 3 is 3.15 bits per heavy atom. The summed E-state index contributed by atoms with van der Waals surface area (Å²) in [6.45, 7) is 4.31. The third-order valence-corrected chi connectivity index (χ3v) is 2.73. The van der Waals surface area contributed by atoms with E-state index < -0.39 is 0 Å². The van der Waals surface area contributed by atoms with Gasteiger partial charge in [-0.05, 0) is 32.4 Å². The fourth-order valence-electron chi connectivity index (χ4n) is 1.88. The zero-order valence-electron chi connectivity index (χ0n) is 8.16. The molecule has 1 aliphatic rings. The first-order valence-electron chi connectivity index (χ1n) is 5.08. The second-order valence-electron chi connectivity index (χ2n) is 3.80. The van der Waals surface area contributed by atoms with Gasteiger partial charge in [-0.2, -0.15) is 5.10 Å². The van der Waals surface area contributed by atoms with Crippen molar-refractivity contribution in [1.82, 2.24) is 15.1 Å². The molecule has 72 valence electrons. The summed E-state index contributed by atoms with van der Waals surface area (Å²) in [6, 6.07) is 2.69. The van der Waals surface area contributed by atoms with Crippen molar-refractivity contribution in [3.63, 3.8) is 0 Å². The maximum Gasteiger partial charge on any atom is 0.0565 e. The number of nitrogens with zero attached hydrogens (tertiary/aromatic N) is 2. The Morgan fingerprint density at radius 1 is 1.62 bits per heavy atom. The smallest absolute Gasteiger partial charge is 0.0565 e. The van der Waals surface area contributed by atoms with Crippen molar-refractivity contribution in [2.45, 2.75) is 38.8 Å².